The number of ether oxygens (including phenoxy) is 2. The zero-order valence-electron chi connectivity index (χ0n) is 23.4. The summed E-state index contributed by atoms with van der Waals surface area (Å²) in [4.78, 5) is 29.1. The molecule has 1 heterocycles. The van der Waals surface area contributed by atoms with Crippen molar-refractivity contribution in [1.82, 2.24) is 4.98 Å². The van der Waals surface area contributed by atoms with Crippen molar-refractivity contribution in [3.05, 3.63) is 99.0 Å². The molecular weight excluding hydrogens is 612 g/mol. The number of thiazole rings is 1. The second-order valence-corrected chi connectivity index (χ2v) is 13.1. The third kappa shape index (κ3) is 9.54. The molecular formula is C31H31ClN2O7S2. The van der Waals surface area contributed by atoms with Gasteiger partial charge in [0.05, 0.1) is 22.0 Å². The summed E-state index contributed by atoms with van der Waals surface area (Å²) in [6, 6.07) is 17.6. The molecule has 0 radical (unpaired) electrons. The minimum Gasteiger partial charge on any atom is -0.486 e. The molecule has 0 fully saturated rings. The lowest BCUT2D eigenvalue weighted by molar-refractivity contribution is -0.139. The number of benzene rings is 3. The number of nitrogens with zero attached hydrogens (tertiary/aromatic N) is 1. The molecule has 0 aliphatic carbocycles. The van der Waals surface area contributed by atoms with E-state index in [1.165, 1.54) is 35.6 Å². The van der Waals surface area contributed by atoms with Crippen LogP contribution in [0.2, 0.25) is 5.02 Å². The summed E-state index contributed by atoms with van der Waals surface area (Å²) >= 11 is 7.39. The minimum absolute atomic E-state index is 0.0821. The van der Waals surface area contributed by atoms with Gasteiger partial charge < -0.3 is 19.9 Å². The average Bonchev–Trinajstić information content (AvgIpc) is 3.43. The van der Waals surface area contributed by atoms with E-state index >= 15 is 0 Å². The maximum atomic E-state index is 13.2. The molecule has 9 nitrogen and oxygen atoms in total. The molecule has 1 amide bonds. The van der Waals surface area contributed by atoms with Gasteiger partial charge in [-0.05, 0) is 79.4 Å². The number of amides is 1. The van der Waals surface area contributed by atoms with E-state index < -0.39 is 28.3 Å². The number of hydrogen-bond acceptors (Lipinski definition) is 8. The molecule has 226 valence electrons. The van der Waals surface area contributed by atoms with E-state index in [9.17, 15) is 18.0 Å². The molecule has 4 rings (SSSR count). The number of sulfone groups is 1. The number of carbonyl (C=O) groups is 2. The summed E-state index contributed by atoms with van der Waals surface area (Å²) in [7, 11) is -3.50. The van der Waals surface area contributed by atoms with E-state index in [0.29, 0.717) is 29.2 Å². The highest BCUT2D eigenvalue weighted by Crippen LogP contribution is 2.28. The fourth-order valence-electron chi connectivity index (χ4n) is 4.17. The number of aliphatic carboxylic acids is 1. The summed E-state index contributed by atoms with van der Waals surface area (Å²) in [5, 5.41) is 15.2. The number of rotatable bonds is 15. The van der Waals surface area contributed by atoms with Crippen molar-refractivity contribution in [3.63, 3.8) is 0 Å². The predicted molar refractivity (Wildman–Crippen MR) is 166 cm³/mol. The van der Waals surface area contributed by atoms with E-state index in [1.54, 1.807) is 42.5 Å². The number of aromatic nitrogens is 1. The van der Waals surface area contributed by atoms with Gasteiger partial charge in [0.2, 0.25) is 0 Å². The van der Waals surface area contributed by atoms with Gasteiger partial charge in [-0.3, -0.25) is 4.79 Å². The molecule has 2 N–H and O–H groups in total. The maximum Gasteiger partial charge on any atom is 0.341 e. The van der Waals surface area contributed by atoms with Crippen molar-refractivity contribution < 1.29 is 32.6 Å². The zero-order chi connectivity index (χ0) is 30.8. The highest BCUT2D eigenvalue weighted by Gasteiger charge is 2.16. The van der Waals surface area contributed by atoms with Crippen molar-refractivity contribution in [3.8, 4) is 11.5 Å². The van der Waals surface area contributed by atoms with Gasteiger partial charge in [-0.15, -0.1) is 11.3 Å². The lowest BCUT2D eigenvalue weighted by Crippen LogP contribution is -2.15. The summed E-state index contributed by atoms with van der Waals surface area (Å²) < 4.78 is 36.7. The van der Waals surface area contributed by atoms with Crippen molar-refractivity contribution in [2.45, 2.75) is 44.1 Å². The third-order valence-electron chi connectivity index (χ3n) is 6.26. The molecule has 43 heavy (non-hydrogen) atoms. The van der Waals surface area contributed by atoms with Crippen LogP contribution in [0.5, 0.6) is 11.5 Å². The Kier molecular flexibility index (Phi) is 11.2. The molecule has 0 unspecified atom stereocenters. The van der Waals surface area contributed by atoms with Crippen molar-refractivity contribution in [1.29, 1.82) is 0 Å². The fraction of sp³-hybridized carbons (Fsp3) is 0.258. The SMILES string of the molecule is CCCc1csc(COc2cccc(C(=O)Nc3cc(CCCS(=O)(=O)c4ccc(Cl)cc4)ccc3OCC(=O)O)c2)n1. The van der Waals surface area contributed by atoms with Gasteiger partial charge >= 0.3 is 5.97 Å². The van der Waals surface area contributed by atoms with Crippen molar-refractivity contribution in [2.24, 2.45) is 0 Å². The molecule has 0 aliphatic heterocycles. The molecule has 0 bridgehead atoms. The summed E-state index contributed by atoms with van der Waals surface area (Å²) in [5.41, 5.74) is 2.37. The zero-order valence-corrected chi connectivity index (χ0v) is 25.8. The Morgan fingerprint density at radius 2 is 1.81 bits per heavy atom. The van der Waals surface area contributed by atoms with Crippen LogP contribution in [0.3, 0.4) is 0 Å². The molecule has 0 aliphatic rings. The van der Waals surface area contributed by atoms with Crippen LogP contribution in [0.25, 0.3) is 0 Å². The van der Waals surface area contributed by atoms with Crippen molar-refractivity contribution in [2.75, 3.05) is 17.7 Å². The quantitative estimate of drug-likeness (QED) is 0.151. The summed E-state index contributed by atoms with van der Waals surface area (Å²) in [6.45, 7) is 1.78. The summed E-state index contributed by atoms with van der Waals surface area (Å²) in [5.74, 6) is -1.03. The van der Waals surface area contributed by atoms with Crippen LogP contribution in [-0.2, 0) is 34.1 Å². The Bertz CT molecular complexity index is 1670. The second-order valence-electron chi connectivity index (χ2n) is 9.64. The van der Waals surface area contributed by atoms with Crippen LogP contribution >= 0.6 is 22.9 Å². The number of nitrogens with one attached hydrogen (secondary N) is 1. The lowest BCUT2D eigenvalue weighted by Gasteiger charge is -2.14. The number of carbonyl (C=O) groups excluding carboxylic acids is 1. The Hall–Kier alpha value is -3.93. The molecule has 0 saturated heterocycles. The maximum absolute atomic E-state index is 13.2. The minimum atomic E-state index is -3.50. The van der Waals surface area contributed by atoms with Gasteiger partial charge in [-0.2, -0.15) is 0 Å². The fourth-order valence-corrected chi connectivity index (χ4v) is 6.35. The summed E-state index contributed by atoms with van der Waals surface area (Å²) in [6.07, 6.45) is 2.65. The molecule has 1 aromatic heterocycles. The normalized spacial score (nSPS) is 11.2. The molecule has 0 saturated carbocycles. The molecule has 0 atom stereocenters. The number of halogens is 1. The van der Waals surface area contributed by atoms with E-state index in [-0.39, 0.29) is 28.7 Å². The highest BCUT2D eigenvalue weighted by molar-refractivity contribution is 7.91. The number of carboxylic acids is 1. The standard InChI is InChI=1S/C31H31ClN2O7S2/c1-2-5-24-20-42-29(33-24)18-40-25-8-3-7-22(17-25)31(37)34-27-16-21(9-14-28(27)41-19-30(35)36)6-4-15-43(38,39)26-12-10-23(32)11-13-26/h3,7-14,16-17,20H,2,4-6,15,18-19H2,1H3,(H,34,37)(H,35,36). The number of carboxylic acid groups (broad SMARTS) is 1. The molecule has 12 heteroatoms. The van der Waals surface area contributed by atoms with E-state index in [1.807, 2.05) is 5.38 Å². The molecule has 4 aromatic rings. The Balaban J connectivity index is 1.43. The van der Waals surface area contributed by atoms with Gasteiger partial charge in [-0.1, -0.05) is 37.1 Å². The smallest absolute Gasteiger partial charge is 0.341 e. The topological polar surface area (TPSA) is 132 Å². The second kappa shape index (κ2) is 15.0. The van der Waals surface area contributed by atoms with Crippen LogP contribution in [0.4, 0.5) is 5.69 Å². The number of anilines is 1. The Morgan fingerprint density at radius 1 is 1.02 bits per heavy atom. The number of aryl methyl sites for hydroxylation is 2. The first-order valence-electron chi connectivity index (χ1n) is 13.6. The first-order chi connectivity index (χ1) is 20.6. The van der Waals surface area contributed by atoms with Crippen LogP contribution < -0.4 is 14.8 Å². The van der Waals surface area contributed by atoms with Crippen LogP contribution in [0.15, 0.2) is 77.0 Å². The van der Waals surface area contributed by atoms with Gasteiger partial charge in [0.15, 0.2) is 16.4 Å². The van der Waals surface area contributed by atoms with Gasteiger partial charge in [-0.25, -0.2) is 18.2 Å². The van der Waals surface area contributed by atoms with Crippen LogP contribution in [-0.4, -0.2) is 42.7 Å². The van der Waals surface area contributed by atoms with Gasteiger partial charge in [0.1, 0.15) is 23.1 Å². The number of hydrogen-bond donors (Lipinski definition) is 2. The van der Waals surface area contributed by atoms with Crippen LogP contribution in [0.1, 0.15) is 46.4 Å². The molecule has 3 aromatic carbocycles. The van der Waals surface area contributed by atoms with Crippen molar-refractivity contribution >= 4 is 50.3 Å². The van der Waals surface area contributed by atoms with E-state index in [0.717, 1.165) is 29.1 Å². The van der Waals surface area contributed by atoms with E-state index in [4.69, 9.17) is 26.2 Å². The van der Waals surface area contributed by atoms with Gasteiger partial charge in [0, 0.05) is 16.0 Å². The lowest BCUT2D eigenvalue weighted by atomic mass is 10.1. The highest BCUT2D eigenvalue weighted by atomic mass is 35.5. The molecule has 0 spiro atoms. The third-order valence-corrected chi connectivity index (χ3v) is 9.20. The largest absolute Gasteiger partial charge is 0.486 e. The Labute approximate surface area is 259 Å². The van der Waals surface area contributed by atoms with E-state index in [2.05, 4.69) is 17.2 Å². The first-order valence-corrected chi connectivity index (χ1v) is 16.5. The first kappa shape index (κ1) is 32.0. The van der Waals surface area contributed by atoms with Crippen LogP contribution in [0, 0.1) is 0 Å². The monoisotopic (exact) mass is 642 g/mol. The van der Waals surface area contributed by atoms with Gasteiger partial charge in [0.25, 0.3) is 5.91 Å². The average molecular weight is 643 g/mol. The predicted octanol–water partition coefficient (Wildman–Crippen LogP) is 6.45. The Morgan fingerprint density at radius 3 is 2.56 bits per heavy atom.